The van der Waals surface area contributed by atoms with Crippen molar-refractivity contribution in [2.75, 3.05) is 26.8 Å². The highest BCUT2D eigenvalue weighted by molar-refractivity contribution is 5.88. The molecule has 0 spiro atoms. The van der Waals surface area contributed by atoms with Crippen LogP contribution >= 0.6 is 12.4 Å². The molecule has 0 saturated carbocycles. The molecule has 0 radical (unpaired) electrons. The summed E-state index contributed by atoms with van der Waals surface area (Å²) in [6.07, 6.45) is 0.930. The Kier molecular flexibility index (Phi) is 8.85. The predicted octanol–water partition coefficient (Wildman–Crippen LogP) is 0.391. The van der Waals surface area contributed by atoms with Gasteiger partial charge >= 0.3 is 0 Å². The van der Waals surface area contributed by atoms with Crippen molar-refractivity contribution in [2.24, 2.45) is 17.6 Å². The number of nitrogens with zero attached hydrogens (tertiary/aromatic N) is 1. The largest absolute Gasteiger partial charge is 0.375 e. The van der Waals surface area contributed by atoms with Crippen molar-refractivity contribution in [3.63, 3.8) is 0 Å². The van der Waals surface area contributed by atoms with Crippen molar-refractivity contribution >= 4 is 24.2 Å². The molecular weight excluding hydrogens is 294 g/mol. The van der Waals surface area contributed by atoms with E-state index in [0.29, 0.717) is 19.0 Å². The summed E-state index contributed by atoms with van der Waals surface area (Å²) in [5.41, 5.74) is 5.69. The molecule has 3 atom stereocenters. The number of methoxy groups -OCH3 is 1. The Morgan fingerprint density at radius 3 is 2.48 bits per heavy atom. The van der Waals surface area contributed by atoms with Gasteiger partial charge in [0.05, 0.1) is 0 Å². The highest BCUT2D eigenvalue weighted by Crippen LogP contribution is 2.23. The van der Waals surface area contributed by atoms with E-state index in [4.69, 9.17) is 10.5 Å². The summed E-state index contributed by atoms with van der Waals surface area (Å²) in [4.78, 5) is 26.1. The zero-order valence-electron chi connectivity index (χ0n) is 13.3. The van der Waals surface area contributed by atoms with Crippen molar-refractivity contribution in [3.05, 3.63) is 0 Å². The van der Waals surface area contributed by atoms with Gasteiger partial charge in [-0.3, -0.25) is 9.59 Å². The van der Waals surface area contributed by atoms with Crippen LogP contribution in [0.3, 0.4) is 0 Å². The fourth-order valence-electron chi connectivity index (χ4n) is 2.66. The van der Waals surface area contributed by atoms with Gasteiger partial charge < -0.3 is 20.7 Å². The molecule has 21 heavy (non-hydrogen) atoms. The van der Waals surface area contributed by atoms with E-state index < -0.39 is 6.04 Å². The Balaban J connectivity index is 0.00000400. The topological polar surface area (TPSA) is 84.7 Å². The molecule has 2 amide bonds. The van der Waals surface area contributed by atoms with E-state index in [2.05, 4.69) is 5.32 Å². The Labute approximate surface area is 133 Å². The lowest BCUT2D eigenvalue weighted by Crippen LogP contribution is -2.52. The molecule has 1 fully saturated rings. The molecule has 1 heterocycles. The molecule has 1 aliphatic heterocycles. The smallest absolute Gasteiger partial charge is 0.246 e. The minimum atomic E-state index is -0.503. The van der Waals surface area contributed by atoms with Crippen LogP contribution < -0.4 is 11.1 Å². The maximum atomic E-state index is 12.6. The Morgan fingerprint density at radius 1 is 1.43 bits per heavy atom. The molecule has 1 saturated heterocycles. The SMILES string of the molecule is COCC(=O)N[C@H](C(=O)N1CC(CN)CC1C)C(C)C.Cl. The molecule has 7 heteroatoms. The van der Waals surface area contributed by atoms with Gasteiger partial charge in [0, 0.05) is 19.7 Å². The molecule has 1 rings (SSSR count). The fourth-order valence-corrected chi connectivity index (χ4v) is 2.66. The number of carbonyl (C=O) groups excluding carboxylic acids is 2. The summed E-state index contributed by atoms with van der Waals surface area (Å²) >= 11 is 0. The van der Waals surface area contributed by atoms with Gasteiger partial charge in [-0.25, -0.2) is 0 Å². The molecule has 6 nitrogen and oxygen atoms in total. The summed E-state index contributed by atoms with van der Waals surface area (Å²) < 4.78 is 4.79. The van der Waals surface area contributed by atoms with E-state index in [1.54, 1.807) is 0 Å². The molecule has 0 aromatic rings. The average Bonchev–Trinajstić information content (AvgIpc) is 2.76. The number of amides is 2. The maximum absolute atomic E-state index is 12.6. The van der Waals surface area contributed by atoms with Gasteiger partial charge in [-0.1, -0.05) is 13.8 Å². The van der Waals surface area contributed by atoms with E-state index in [0.717, 1.165) is 6.42 Å². The number of carbonyl (C=O) groups is 2. The number of halogens is 1. The van der Waals surface area contributed by atoms with Crippen LogP contribution in [0.4, 0.5) is 0 Å². The standard InChI is InChI=1S/C14H27N3O3.ClH/c1-9(2)13(16-12(18)8-20-4)14(19)17-7-11(6-15)5-10(17)3;/h9-11,13H,5-8,15H2,1-4H3,(H,16,18);1H/t10?,11?,13-;/m0./s1. The summed E-state index contributed by atoms with van der Waals surface area (Å²) in [6, 6.07) is -0.326. The van der Waals surface area contributed by atoms with Crippen molar-refractivity contribution in [3.8, 4) is 0 Å². The molecule has 0 aromatic carbocycles. The first kappa shape index (κ1) is 20.1. The zero-order chi connectivity index (χ0) is 15.3. The molecule has 0 aromatic heterocycles. The minimum absolute atomic E-state index is 0. The van der Waals surface area contributed by atoms with Crippen LogP contribution in [0.2, 0.25) is 0 Å². The van der Waals surface area contributed by atoms with Crippen molar-refractivity contribution < 1.29 is 14.3 Å². The zero-order valence-corrected chi connectivity index (χ0v) is 14.1. The Morgan fingerprint density at radius 2 is 2.05 bits per heavy atom. The van der Waals surface area contributed by atoms with E-state index in [-0.39, 0.29) is 42.8 Å². The van der Waals surface area contributed by atoms with Gasteiger partial charge in [-0.2, -0.15) is 0 Å². The van der Waals surface area contributed by atoms with Crippen LogP contribution in [-0.2, 0) is 14.3 Å². The maximum Gasteiger partial charge on any atom is 0.246 e. The fraction of sp³-hybridized carbons (Fsp3) is 0.857. The molecule has 124 valence electrons. The molecule has 2 unspecified atom stereocenters. The van der Waals surface area contributed by atoms with Crippen LogP contribution in [0.1, 0.15) is 27.2 Å². The highest BCUT2D eigenvalue weighted by Gasteiger charge is 2.36. The van der Waals surface area contributed by atoms with Crippen molar-refractivity contribution in [1.29, 1.82) is 0 Å². The van der Waals surface area contributed by atoms with Gasteiger partial charge in [0.2, 0.25) is 11.8 Å². The van der Waals surface area contributed by atoms with Gasteiger partial charge in [0.25, 0.3) is 0 Å². The number of nitrogens with two attached hydrogens (primary N) is 1. The number of hydrogen-bond donors (Lipinski definition) is 2. The summed E-state index contributed by atoms with van der Waals surface area (Å²) in [7, 11) is 1.46. The lowest BCUT2D eigenvalue weighted by molar-refractivity contribution is -0.139. The second-order valence-corrected chi connectivity index (χ2v) is 5.90. The second-order valence-electron chi connectivity index (χ2n) is 5.90. The van der Waals surface area contributed by atoms with Gasteiger partial charge in [0.1, 0.15) is 12.6 Å². The third-order valence-corrected chi connectivity index (χ3v) is 3.80. The second kappa shape index (κ2) is 9.23. The molecule has 0 aliphatic carbocycles. The van der Waals surface area contributed by atoms with Gasteiger partial charge in [-0.05, 0) is 31.7 Å². The average molecular weight is 322 g/mol. The molecule has 3 N–H and O–H groups in total. The van der Waals surface area contributed by atoms with E-state index in [9.17, 15) is 9.59 Å². The third-order valence-electron chi connectivity index (χ3n) is 3.80. The first-order chi connectivity index (χ1) is 9.40. The summed E-state index contributed by atoms with van der Waals surface area (Å²) in [5, 5.41) is 2.76. The molecule has 1 aliphatic rings. The third kappa shape index (κ3) is 5.45. The summed E-state index contributed by atoms with van der Waals surface area (Å²) in [6.45, 7) is 7.13. The predicted molar refractivity (Wildman–Crippen MR) is 84.2 cm³/mol. The Bertz CT molecular complexity index is 352. The monoisotopic (exact) mass is 321 g/mol. The Hall–Kier alpha value is -0.850. The number of rotatable bonds is 6. The van der Waals surface area contributed by atoms with Crippen molar-refractivity contribution in [1.82, 2.24) is 10.2 Å². The normalized spacial score (nSPS) is 22.9. The lowest BCUT2D eigenvalue weighted by atomic mass is 10.0. The highest BCUT2D eigenvalue weighted by atomic mass is 35.5. The van der Waals surface area contributed by atoms with E-state index >= 15 is 0 Å². The van der Waals surface area contributed by atoms with Crippen LogP contribution in [0.25, 0.3) is 0 Å². The molecule has 0 bridgehead atoms. The number of hydrogen-bond acceptors (Lipinski definition) is 4. The van der Waals surface area contributed by atoms with Gasteiger partial charge in [0.15, 0.2) is 0 Å². The first-order valence-corrected chi connectivity index (χ1v) is 7.19. The van der Waals surface area contributed by atoms with E-state index in [1.165, 1.54) is 7.11 Å². The molecular formula is C14H28ClN3O3. The lowest BCUT2D eigenvalue weighted by Gasteiger charge is -2.29. The van der Waals surface area contributed by atoms with Crippen LogP contribution in [0, 0.1) is 11.8 Å². The van der Waals surface area contributed by atoms with Gasteiger partial charge in [-0.15, -0.1) is 12.4 Å². The van der Waals surface area contributed by atoms with Crippen molar-refractivity contribution in [2.45, 2.75) is 39.3 Å². The number of likely N-dealkylation sites (tertiary alicyclic amines) is 1. The number of nitrogens with one attached hydrogen (secondary N) is 1. The van der Waals surface area contributed by atoms with E-state index in [1.807, 2.05) is 25.7 Å². The number of ether oxygens (including phenoxy) is 1. The quantitative estimate of drug-likeness (QED) is 0.741. The van der Waals surface area contributed by atoms with Crippen LogP contribution in [-0.4, -0.2) is 55.6 Å². The summed E-state index contributed by atoms with van der Waals surface area (Å²) in [5.74, 6) is 0.110. The van der Waals surface area contributed by atoms with Crippen LogP contribution in [0.15, 0.2) is 0 Å². The van der Waals surface area contributed by atoms with Crippen LogP contribution in [0.5, 0.6) is 0 Å². The minimum Gasteiger partial charge on any atom is -0.375 e. The first-order valence-electron chi connectivity index (χ1n) is 7.19.